The lowest BCUT2D eigenvalue weighted by Gasteiger charge is -2.02. The number of carbonyl (C=O) groups excluding carboxylic acids is 1. The highest BCUT2D eigenvalue weighted by Gasteiger charge is 2.13. The fraction of sp³-hybridized carbons (Fsp3) is 0.583. The molecule has 0 unspecified atom stereocenters. The molecule has 0 aliphatic heterocycles. The summed E-state index contributed by atoms with van der Waals surface area (Å²) in [6, 6.07) is 0. The molecule has 0 aliphatic rings. The highest BCUT2D eigenvalue weighted by Crippen LogP contribution is 1.98. The third-order valence-electron chi connectivity index (χ3n) is 1.85. The van der Waals surface area contributed by atoms with Crippen LogP contribution in [0.25, 0.3) is 0 Å². The highest BCUT2D eigenvalue weighted by atomic mass is 16.1. The van der Waals surface area contributed by atoms with Gasteiger partial charge in [0, 0.05) is 13.6 Å². The van der Waals surface area contributed by atoms with E-state index in [-0.39, 0.29) is 5.78 Å². The van der Waals surface area contributed by atoms with Crippen LogP contribution in [0, 0.1) is 0 Å². The second-order valence-corrected chi connectivity index (χ2v) is 3.43. The minimum atomic E-state index is -0.0527. The van der Waals surface area contributed by atoms with Crippen molar-refractivity contribution in [3.63, 3.8) is 0 Å². The van der Waals surface area contributed by atoms with Crippen molar-refractivity contribution in [3.8, 4) is 0 Å². The number of Topliss-reactive ketones (excluding diaryl/α,β-unsaturated/α-hetero) is 1. The van der Waals surface area contributed by atoms with Crippen molar-refractivity contribution in [1.82, 2.24) is 0 Å². The molecule has 0 heterocycles. The normalized spacial score (nSPS) is 12.6. The first-order valence-electron chi connectivity index (χ1n) is 5.26. The van der Waals surface area contributed by atoms with Crippen molar-refractivity contribution in [2.24, 2.45) is 9.98 Å². The maximum atomic E-state index is 11.9. The molecule has 0 atom stereocenters. The summed E-state index contributed by atoms with van der Waals surface area (Å²) in [5, 5.41) is 0. The summed E-state index contributed by atoms with van der Waals surface area (Å²) in [6.45, 7) is 8.36. The van der Waals surface area contributed by atoms with Crippen LogP contribution in [0.2, 0.25) is 0 Å². The first kappa shape index (κ1) is 13.8. The first-order chi connectivity index (χ1) is 7.06. The molecule has 0 N–H and O–H groups in total. The molecule has 15 heavy (non-hydrogen) atoms. The van der Waals surface area contributed by atoms with Crippen LogP contribution >= 0.6 is 0 Å². The number of carbonyl (C=O) groups is 1. The summed E-state index contributed by atoms with van der Waals surface area (Å²) >= 11 is 0. The van der Waals surface area contributed by atoms with Crippen LogP contribution in [0.15, 0.2) is 21.6 Å². The van der Waals surface area contributed by atoms with Crippen LogP contribution in [0.1, 0.15) is 34.1 Å². The Balaban J connectivity index is 5.04. The van der Waals surface area contributed by atoms with Crippen LogP contribution in [-0.2, 0) is 4.79 Å². The fourth-order valence-electron chi connectivity index (χ4n) is 1.19. The van der Waals surface area contributed by atoms with Crippen LogP contribution in [0.3, 0.4) is 0 Å². The van der Waals surface area contributed by atoms with Gasteiger partial charge in [0.05, 0.1) is 5.71 Å². The quantitative estimate of drug-likeness (QED) is 0.640. The lowest BCUT2D eigenvalue weighted by atomic mass is 10.1. The first-order valence-corrected chi connectivity index (χ1v) is 5.26. The Kier molecular flexibility index (Phi) is 6.50. The van der Waals surface area contributed by atoms with Crippen LogP contribution in [-0.4, -0.2) is 30.8 Å². The number of hydrogen-bond acceptors (Lipinski definition) is 3. The van der Waals surface area contributed by atoms with E-state index in [4.69, 9.17) is 0 Å². The Labute approximate surface area is 92.0 Å². The zero-order valence-corrected chi connectivity index (χ0v) is 10.3. The maximum Gasteiger partial charge on any atom is 0.224 e. The van der Waals surface area contributed by atoms with Gasteiger partial charge < -0.3 is 0 Å². The van der Waals surface area contributed by atoms with Gasteiger partial charge in [-0.3, -0.25) is 14.8 Å². The molecule has 0 rings (SSSR count). The topological polar surface area (TPSA) is 41.8 Å². The molecule has 0 radical (unpaired) electrons. The molecule has 0 aromatic carbocycles. The predicted molar refractivity (Wildman–Crippen MR) is 66.1 cm³/mol. The van der Waals surface area contributed by atoms with Crippen molar-refractivity contribution in [1.29, 1.82) is 0 Å². The summed E-state index contributed by atoms with van der Waals surface area (Å²) in [5.74, 6) is -0.0527. The van der Waals surface area contributed by atoms with E-state index in [0.717, 1.165) is 5.57 Å². The number of ketones is 1. The minimum Gasteiger partial charge on any atom is -0.289 e. The van der Waals surface area contributed by atoms with Crippen LogP contribution < -0.4 is 0 Å². The van der Waals surface area contributed by atoms with Crippen LogP contribution in [0.5, 0.6) is 0 Å². The average Bonchev–Trinajstić information content (AvgIpc) is 2.18. The van der Waals surface area contributed by atoms with Crippen molar-refractivity contribution in [3.05, 3.63) is 11.6 Å². The molecular weight excluding hydrogens is 188 g/mol. The summed E-state index contributed by atoms with van der Waals surface area (Å²) in [5.41, 5.74) is 2.17. The van der Waals surface area contributed by atoms with E-state index in [1.807, 2.05) is 33.8 Å². The molecule has 3 nitrogen and oxygen atoms in total. The number of allylic oxidation sites excluding steroid dienone is 2. The van der Waals surface area contributed by atoms with Gasteiger partial charge in [0.15, 0.2) is 0 Å². The van der Waals surface area contributed by atoms with Gasteiger partial charge in [0.1, 0.15) is 5.71 Å². The van der Waals surface area contributed by atoms with Gasteiger partial charge in [0.25, 0.3) is 0 Å². The standard InChI is InChI=1S/C12H20N2O/c1-6-10(13-5)12(15)11(14-7-2)8-9(3)4/h8H,6-7H2,1-5H3. The van der Waals surface area contributed by atoms with Crippen molar-refractivity contribution in [2.75, 3.05) is 13.6 Å². The Morgan fingerprint density at radius 3 is 2.20 bits per heavy atom. The summed E-state index contributed by atoms with van der Waals surface area (Å²) < 4.78 is 0. The largest absolute Gasteiger partial charge is 0.289 e. The molecule has 0 saturated heterocycles. The fourth-order valence-corrected chi connectivity index (χ4v) is 1.19. The summed E-state index contributed by atoms with van der Waals surface area (Å²) in [7, 11) is 1.64. The molecule has 0 amide bonds. The monoisotopic (exact) mass is 208 g/mol. The Hall–Kier alpha value is -1.25. The Bertz CT molecular complexity index is 308. The van der Waals surface area contributed by atoms with E-state index in [0.29, 0.717) is 24.4 Å². The van der Waals surface area contributed by atoms with E-state index in [1.165, 1.54) is 0 Å². The Morgan fingerprint density at radius 1 is 1.27 bits per heavy atom. The average molecular weight is 208 g/mol. The smallest absolute Gasteiger partial charge is 0.224 e. The zero-order valence-electron chi connectivity index (χ0n) is 10.3. The lowest BCUT2D eigenvalue weighted by molar-refractivity contribution is -0.107. The van der Waals surface area contributed by atoms with E-state index in [2.05, 4.69) is 9.98 Å². The van der Waals surface area contributed by atoms with Gasteiger partial charge in [-0.05, 0) is 33.3 Å². The third kappa shape index (κ3) is 4.68. The molecule has 0 aliphatic carbocycles. The third-order valence-corrected chi connectivity index (χ3v) is 1.85. The SMILES string of the molecule is CCN=C(C=C(C)C)C(=O)C(CC)=NC. The number of rotatable bonds is 5. The molecule has 0 bridgehead atoms. The second-order valence-electron chi connectivity index (χ2n) is 3.43. The summed E-state index contributed by atoms with van der Waals surface area (Å²) in [4.78, 5) is 20.1. The molecule has 84 valence electrons. The maximum absolute atomic E-state index is 11.9. The van der Waals surface area contributed by atoms with E-state index in [1.54, 1.807) is 7.05 Å². The second kappa shape index (κ2) is 7.10. The van der Waals surface area contributed by atoms with Crippen molar-refractivity contribution in [2.45, 2.75) is 34.1 Å². The van der Waals surface area contributed by atoms with Crippen molar-refractivity contribution >= 4 is 17.2 Å². The summed E-state index contributed by atoms with van der Waals surface area (Å²) in [6.07, 6.45) is 2.46. The van der Waals surface area contributed by atoms with Gasteiger partial charge in [-0.1, -0.05) is 12.5 Å². The molecule has 0 aromatic rings. The van der Waals surface area contributed by atoms with Crippen molar-refractivity contribution < 1.29 is 4.79 Å². The number of nitrogens with zero attached hydrogens (tertiary/aromatic N) is 2. The number of hydrogen-bond donors (Lipinski definition) is 0. The van der Waals surface area contributed by atoms with Gasteiger partial charge in [-0.15, -0.1) is 0 Å². The Morgan fingerprint density at radius 2 is 1.87 bits per heavy atom. The molecule has 0 spiro atoms. The van der Waals surface area contributed by atoms with Gasteiger partial charge in [-0.2, -0.15) is 0 Å². The van der Waals surface area contributed by atoms with Crippen LogP contribution in [0.4, 0.5) is 0 Å². The predicted octanol–water partition coefficient (Wildman–Crippen LogP) is 2.46. The zero-order chi connectivity index (χ0) is 11.8. The highest BCUT2D eigenvalue weighted by molar-refractivity contribution is 6.68. The van der Waals surface area contributed by atoms with Gasteiger partial charge >= 0.3 is 0 Å². The van der Waals surface area contributed by atoms with E-state index in [9.17, 15) is 4.79 Å². The molecular formula is C12H20N2O. The number of aliphatic imine (C=N–C) groups is 2. The van der Waals surface area contributed by atoms with E-state index < -0.39 is 0 Å². The van der Waals surface area contributed by atoms with Gasteiger partial charge in [0.2, 0.25) is 5.78 Å². The molecule has 0 aromatic heterocycles. The molecule has 0 saturated carbocycles. The minimum absolute atomic E-state index is 0.0527. The molecule has 3 heteroatoms. The van der Waals surface area contributed by atoms with E-state index >= 15 is 0 Å². The molecule has 0 fully saturated rings. The lowest BCUT2D eigenvalue weighted by Crippen LogP contribution is -2.22. The van der Waals surface area contributed by atoms with Gasteiger partial charge in [-0.25, -0.2) is 0 Å².